The standard InChI is InChI=1S/C11H15BrO2/c1-2-10(13)7-11(14)8-3-5-9(12)6-4-8/h3-6,10-11,13-14H,2,7H2,1H3/t10-,11-/m1/s1. The van der Waals surface area contributed by atoms with Gasteiger partial charge in [-0.3, -0.25) is 0 Å². The minimum absolute atomic E-state index is 0.401. The van der Waals surface area contributed by atoms with Crippen molar-refractivity contribution in [1.82, 2.24) is 0 Å². The highest BCUT2D eigenvalue weighted by molar-refractivity contribution is 9.10. The smallest absolute Gasteiger partial charge is 0.0814 e. The van der Waals surface area contributed by atoms with E-state index in [0.29, 0.717) is 12.8 Å². The number of aliphatic hydroxyl groups excluding tert-OH is 2. The predicted molar refractivity (Wildman–Crippen MR) is 60.0 cm³/mol. The fourth-order valence-electron chi connectivity index (χ4n) is 1.25. The van der Waals surface area contributed by atoms with Gasteiger partial charge in [0, 0.05) is 10.9 Å². The minimum atomic E-state index is -0.571. The lowest BCUT2D eigenvalue weighted by Crippen LogP contribution is -2.10. The Bertz CT molecular complexity index is 271. The van der Waals surface area contributed by atoms with Crippen molar-refractivity contribution in [2.45, 2.75) is 32.0 Å². The lowest BCUT2D eigenvalue weighted by Gasteiger charge is -2.14. The maximum absolute atomic E-state index is 9.74. The van der Waals surface area contributed by atoms with E-state index in [9.17, 15) is 10.2 Å². The van der Waals surface area contributed by atoms with E-state index >= 15 is 0 Å². The summed E-state index contributed by atoms with van der Waals surface area (Å²) < 4.78 is 0.990. The van der Waals surface area contributed by atoms with Crippen molar-refractivity contribution in [2.24, 2.45) is 0 Å². The summed E-state index contributed by atoms with van der Waals surface area (Å²) in [5.74, 6) is 0. The zero-order chi connectivity index (χ0) is 10.6. The number of hydrogen-bond donors (Lipinski definition) is 2. The number of halogens is 1. The molecule has 0 spiro atoms. The van der Waals surface area contributed by atoms with Crippen LogP contribution in [0.4, 0.5) is 0 Å². The molecule has 0 bridgehead atoms. The van der Waals surface area contributed by atoms with Crippen molar-refractivity contribution < 1.29 is 10.2 Å². The van der Waals surface area contributed by atoms with Crippen molar-refractivity contribution in [1.29, 1.82) is 0 Å². The average molecular weight is 259 g/mol. The Balaban J connectivity index is 2.60. The largest absolute Gasteiger partial charge is 0.393 e. The van der Waals surface area contributed by atoms with E-state index < -0.39 is 12.2 Å². The number of aliphatic hydroxyl groups is 2. The van der Waals surface area contributed by atoms with Gasteiger partial charge in [-0.25, -0.2) is 0 Å². The van der Waals surface area contributed by atoms with Crippen LogP contribution in [0.25, 0.3) is 0 Å². The van der Waals surface area contributed by atoms with E-state index in [1.807, 2.05) is 31.2 Å². The van der Waals surface area contributed by atoms with Crippen LogP contribution in [0.1, 0.15) is 31.4 Å². The summed E-state index contributed by atoms with van der Waals surface area (Å²) in [6.45, 7) is 1.90. The van der Waals surface area contributed by atoms with Crippen LogP contribution in [0.2, 0.25) is 0 Å². The molecule has 0 aliphatic rings. The van der Waals surface area contributed by atoms with E-state index in [-0.39, 0.29) is 0 Å². The first-order valence-electron chi connectivity index (χ1n) is 4.75. The summed E-state index contributed by atoms with van der Waals surface area (Å²) in [4.78, 5) is 0. The molecule has 0 heterocycles. The lowest BCUT2D eigenvalue weighted by molar-refractivity contribution is 0.0784. The highest BCUT2D eigenvalue weighted by Gasteiger charge is 2.11. The van der Waals surface area contributed by atoms with Crippen molar-refractivity contribution in [3.8, 4) is 0 Å². The van der Waals surface area contributed by atoms with Gasteiger partial charge in [0.1, 0.15) is 0 Å². The molecule has 1 rings (SSSR count). The van der Waals surface area contributed by atoms with Gasteiger partial charge in [-0.15, -0.1) is 0 Å². The van der Waals surface area contributed by atoms with Crippen molar-refractivity contribution >= 4 is 15.9 Å². The summed E-state index contributed by atoms with van der Waals surface area (Å²) in [7, 11) is 0. The van der Waals surface area contributed by atoms with Crippen LogP contribution < -0.4 is 0 Å². The molecule has 0 aliphatic carbocycles. The van der Waals surface area contributed by atoms with Crippen molar-refractivity contribution in [3.63, 3.8) is 0 Å². The molecule has 0 aliphatic heterocycles. The van der Waals surface area contributed by atoms with Gasteiger partial charge in [0.05, 0.1) is 12.2 Å². The number of benzene rings is 1. The Morgan fingerprint density at radius 3 is 2.29 bits per heavy atom. The zero-order valence-electron chi connectivity index (χ0n) is 8.15. The second-order valence-electron chi connectivity index (χ2n) is 3.37. The van der Waals surface area contributed by atoms with E-state index in [4.69, 9.17) is 0 Å². The number of rotatable bonds is 4. The van der Waals surface area contributed by atoms with Crippen LogP contribution in [0.15, 0.2) is 28.7 Å². The monoisotopic (exact) mass is 258 g/mol. The fraction of sp³-hybridized carbons (Fsp3) is 0.455. The highest BCUT2D eigenvalue weighted by atomic mass is 79.9. The maximum atomic E-state index is 9.74. The lowest BCUT2D eigenvalue weighted by atomic mass is 10.0. The second kappa shape index (κ2) is 5.49. The summed E-state index contributed by atoms with van der Waals surface area (Å²) >= 11 is 3.33. The first kappa shape index (κ1) is 11.7. The van der Waals surface area contributed by atoms with Crippen LogP contribution in [-0.2, 0) is 0 Å². The molecule has 0 saturated carbocycles. The third-order valence-electron chi connectivity index (χ3n) is 2.22. The van der Waals surface area contributed by atoms with E-state index in [1.54, 1.807) is 0 Å². The Labute approximate surface area is 92.7 Å². The summed E-state index contributed by atoms with van der Waals surface area (Å²) in [5.41, 5.74) is 0.848. The fourth-order valence-corrected chi connectivity index (χ4v) is 1.51. The Kier molecular flexibility index (Phi) is 4.58. The Morgan fingerprint density at radius 2 is 1.79 bits per heavy atom. The molecule has 2 atom stereocenters. The molecule has 14 heavy (non-hydrogen) atoms. The van der Waals surface area contributed by atoms with Crippen LogP contribution in [0.5, 0.6) is 0 Å². The Morgan fingerprint density at radius 1 is 1.21 bits per heavy atom. The molecule has 1 aromatic rings. The second-order valence-corrected chi connectivity index (χ2v) is 4.28. The Hall–Kier alpha value is -0.380. The van der Waals surface area contributed by atoms with Crippen LogP contribution in [-0.4, -0.2) is 16.3 Å². The third kappa shape index (κ3) is 3.40. The molecule has 78 valence electrons. The highest BCUT2D eigenvalue weighted by Crippen LogP contribution is 2.21. The molecule has 0 saturated heterocycles. The van der Waals surface area contributed by atoms with Gasteiger partial charge in [-0.1, -0.05) is 35.0 Å². The molecular formula is C11H15BrO2. The van der Waals surface area contributed by atoms with Gasteiger partial charge in [0.15, 0.2) is 0 Å². The van der Waals surface area contributed by atoms with Gasteiger partial charge in [-0.2, -0.15) is 0 Å². The molecule has 3 heteroatoms. The van der Waals surface area contributed by atoms with Crippen molar-refractivity contribution in [3.05, 3.63) is 34.3 Å². The molecule has 0 fully saturated rings. The summed E-state index contributed by atoms with van der Waals surface area (Å²) in [6, 6.07) is 7.49. The molecule has 0 unspecified atom stereocenters. The average Bonchev–Trinajstić information content (AvgIpc) is 2.18. The van der Waals surface area contributed by atoms with Crippen LogP contribution in [0, 0.1) is 0 Å². The third-order valence-corrected chi connectivity index (χ3v) is 2.75. The quantitative estimate of drug-likeness (QED) is 0.872. The predicted octanol–water partition coefficient (Wildman–Crippen LogP) is 2.64. The molecule has 2 N–H and O–H groups in total. The van der Waals surface area contributed by atoms with Gasteiger partial charge >= 0.3 is 0 Å². The van der Waals surface area contributed by atoms with Gasteiger partial charge in [0.2, 0.25) is 0 Å². The normalized spacial score (nSPS) is 15.1. The maximum Gasteiger partial charge on any atom is 0.0814 e. The molecule has 2 nitrogen and oxygen atoms in total. The molecule has 1 aromatic carbocycles. The topological polar surface area (TPSA) is 40.5 Å². The van der Waals surface area contributed by atoms with Gasteiger partial charge in [-0.05, 0) is 24.1 Å². The molecule has 0 aromatic heterocycles. The van der Waals surface area contributed by atoms with E-state index in [1.165, 1.54) is 0 Å². The zero-order valence-corrected chi connectivity index (χ0v) is 9.74. The van der Waals surface area contributed by atoms with E-state index in [2.05, 4.69) is 15.9 Å². The van der Waals surface area contributed by atoms with Gasteiger partial charge in [0.25, 0.3) is 0 Å². The van der Waals surface area contributed by atoms with Crippen LogP contribution in [0.3, 0.4) is 0 Å². The first-order chi connectivity index (χ1) is 6.63. The number of hydrogen-bond acceptors (Lipinski definition) is 2. The van der Waals surface area contributed by atoms with Gasteiger partial charge < -0.3 is 10.2 Å². The summed E-state index contributed by atoms with van der Waals surface area (Å²) in [5, 5.41) is 19.1. The van der Waals surface area contributed by atoms with Crippen molar-refractivity contribution in [2.75, 3.05) is 0 Å². The summed E-state index contributed by atoms with van der Waals surface area (Å²) in [6.07, 6.45) is 0.0813. The molecule has 0 amide bonds. The minimum Gasteiger partial charge on any atom is -0.393 e. The molecule has 0 radical (unpaired) electrons. The SMILES string of the molecule is CC[C@@H](O)C[C@@H](O)c1ccc(Br)cc1. The first-order valence-corrected chi connectivity index (χ1v) is 5.54. The molecular weight excluding hydrogens is 244 g/mol. The van der Waals surface area contributed by atoms with Crippen LogP contribution >= 0.6 is 15.9 Å². The van der Waals surface area contributed by atoms with E-state index in [0.717, 1.165) is 10.0 Å².